The standard InChI is InChI=1S/C31H42N4O7/c1-6-35(17-9-7-8-10-17)14-16-13-20(36)22-18(24(16)33(2)3)11-15-12-19-25(34(4)5)27(38)23(30(32)41)29(40)31(19,42)28(39)21(15)26(22)37/h13,15,17,19,21,23,25,36,42H,6-12,14H2,1-5H3,(H2,32,41)/t15-,19-,21?,23?,25-,31-/m0/s1. The molecule has 5 rings (SSSR count). The van der Waals surface area contributed by atoms with Gasteiger partial charge in [0.15, 0.2) is 34.7 Å². The molecule has 3 fully saturated rings. The lowest BCUT2D eigenvalue weighted by atomic mass is 9.52. The second-order valence-electron chi connectivity index (χ2n) is 12.9. The number of carbonyl (C=O) groups is 5. The molecule has 11 nitrogen and oxygen atoms in total. The summed E-state index contributed by atoms with van der Waals surface area (Å²) >= 11 is 0. The van der Waals surface area contributed by atoms with E-state index < -0.39 is 64.4 Å². The number of ketones is 4. The number of primary amides is 1. The van der Waals surface area contributed by atoms with Crippen LogP contribution in [0.4, 0.5) is 5.69 Å². The molecule has 3 saturated carbocycles. The molecule has 42 heavy (non-hydrogen) atoms. The number of benzene rings is 1. The summed E-state index contributed by atoms with van der Waals surface area (Å²) in [5, 5.41) is 23.0. The second kappa shape index (κ2) is 10.8. The number of hydrogen-bond donors (Lipinski definition) is 3. The lowest BCUT2D eigenvalue weighted by molar-refractivity contribution is -0.181. The normalized spacial score (nSPS) is 31.4. The van der Waals surface area contributed by atoms with Crippen molar-refractivity contribution in [1.82, 2.24) is 9.80 Å². The Labute approximate surface area is 246 Å². The highest BCUT2D eigenvalue weighted by atomic mass is 16.3. The van der Waals surface area contributed by atoms with Gasteiger partial charge < -0.3 is 20.8 Å². The first kappa shape index (κ1) is 30.3. The van der Waals surface area contributed by atoms with E-state index in [1.165, 1.54) is 17.7 Å². The minimum atomic E-state index is -2.72. The molecule has 1 aromatic rings. The number of carbonyl (C=O) groups excluding carboxylic acids is 5. The Hall–Kier alpha value is -3.15. The van der Waals surface area contributed by atoms with E-state index in [-0.39, 0.29) is 24.2 Å². The first-order chi connectivity index (χ1) is 19.7. The van der Waals surface area contributed by atoms with Crippen molar-refractivity contribution in [3.05, 3.63) is 22.8 Å². The van der Waals surface area contributed by atoms with Gasteiger partial charge in [-0.25, -0.2) is 0 Å². The lowest BCUT2D eigenvalue weighted by Gasteiger charge is -2.52. The van der Waals surface area contributed by atoms with Gasteiger partial charge in [0.05, 0.1) is 17.5 Å². The number of phenolic OH excluding ortho intramolecular Hbond substituents is 1. The summed E-state index contributed by atoms with van der Waals surface area (Å²) < 4.78 is 0. The fourth-order valence-corrected chi connectivity index (χ4v) is 8.39. The number of hydrogen-bond acceptors (Lipinski definition) is 10. The van der Waals surface area contributed by atoms with Crippen LogP contribution in [0, 0.1) is 23.7 Å². The third-order valence-electron chi connectivity index (χ3n) is 10.2. The molecule has 0 radical (unpaired) electrons. The average molecular weight is 583 g/mol. The Kier molecular flexibility index (Phi) is 7.83. The smallest absolute Gasteiger partial charge is 0.235 e. The van der Waals surface area contributed by atoms with E-state index in [9.17, 15) is 34.2 Å². The third-order valence-corrected chi connectivity index (χ3v) is 10.2. The predicted octanol–water partition coefficient (Wildman–Crippen LogP) is 0.698. The van der Waals surface area contributed by atoms with Gasteiger partial charge in [0, 0.05) is 38.3 Å². The molecule has 0 aromatic heterocycles. The number of aliphatic hydroxyl groups is 1. The van der Waals surface area contributed by atoms with Crippen LogP contribution in [0.1, 0.15) is 60.5 Å². The van der Waals surface area contributed by atoms with E-state index in [1.807, 2.05) is 19.0 Å². The van der Waals surface area contributed by atoms with Crippen LogP contribution in [0.2, 0.25) is 0 Å². The molecule has 1 aromatic carbocycles. The van der Waals surface area contributed by atoms with E-state index >= 15 is 0 Å². The van der Waals surface area contributed by atoms with Crippen LogP contribution in [0.5, 0.6) is 5.75 Å². The molecule has 0 aliphatic heterocycles. The number of amides is 1. The number of anilines is 1. The summed E-state index contributed by atoms with van der Waals surface area (Å²) in [5.41, 5.74) is 5.02. The molecular weight excluding hydrogens is 540 g/mol. The summed E-state index contributed by atoms with van der Waals surface area (Å²) in [6, 6.07) is 0.936. The van der Waals surface area contributed by atoms with E-state index in [0.29, 0.717) is 18.2 Å². The molecule has 0 spiro atoms. The van der Waals surface area contributed by atoms with Crippen molar-refractivity contribution in [2.24, 2.45) is 29.4 Å². The molecule has 0 heterocycles. The highest BCUT2D eigenvalue weighted by Crippen LogP contribution is 2.52. The third kappa shape index (κ3) is 4.39. The van der Waals surface area contributed by atoms with Crippen LogP contribution in [-0.2, 0) is 32.1 Å². The van der Waals surface area contributed by atoms with Gasteiger partial charge in [0.2, 0.25) is 5.91 Å². The fraction of sp³-hybridized carbons (Fsp3) is 0.645. The van der Waals surface area contributed by atoms with E-state index in [2.05, 4.69) is 11.8 Å². The Morgan fingerprint density at radius 2 is 1.71 bits per heavy atom. The summed E-state index contributed by atoms with van der Waals surface area (Å²) in [6.45, 7) is 3.55. The molecule has 11 heteroatoms. The van der Waals surface area contributed by atoms with Crippen molar-refractivity contribution in [3.63, 3.8) is 0 Å². The number of aromatic hydroxyl groups is 1. The topological polar surface area (TPSA) is 162 Å². The van der Waals surface area contributed by atoms with Crippen LogP contribution in [0.15, 0.2) is 6.07 Å². The number of fused-ring (bicyclic) bond motifs is 3. The van der Waals surface area contributed by atoms with Gasteiger partial charge in [-0.15, -0.1) is 0 Å². The lowest BCUT2D eigenvalue weighted by Crippen LogP contribution is -2.74. The zero-order valence-electron chi connectivity index (χ0n) is 25.1. The Bertz CT molecular complexity index is 1350. The Morgan fingerprint density at radius 3 is 2.26 bits per heavy atom. The number of phenols is 1. The van der Waals surface area contributed by atoms with Crippen molar-refractivity contribution in [2.45, 2.75) is 69.7 Å². The maximum absolute atomic E-state index is 14.1. The van der Waals surface area contributed by atoms with Crippen molar-refractivity contribution >= 4 is 34.7 Å². The van der Waals surface area contributed by atoms with Crippen molar-refractivity contribution in [1.29, 1.82) is 0 Å². The number of nitrogens with zero attached hydrogens (tertiary/aromatic N) is 3. The van der Waals surface area contributed by atoms with Crippen LogP contribution in [0.25, 0.3) is 0 Å². The van der Waals surface area contributed by atoms with Crippen LogP contribution in [-0.4, -0.2) is 101 Å². The molecule has 0 saturated heterocycles. The molecule has 1 amide bonds. The van der Waals surface area contributed by atoms with Gasteiger partial charge >= 0.3 is 0 Å². The highest BCUT2D eigenvalue weighted by molar-refractivity contribution is 6.32. The fourth-order valence-electron chi connectivity index (χ4n) is 8.39. The van der Waals surface area contributed by atoms with Crippen LogP contribution >= 0.6 is 0 Å². The number of nitrogens with two attached hydrogens (primary N) is 1. The Balaban J connectivity index is 1.60. The van der Waals surface area contributed by atoms with Gasteiger partial charge in [0.25, 0.3) is 0 Å². The van der Waals surface area contributed by atoms with Gasteiger partial charge in [-0.1, -0.05) is 19.8 Å². The van der Waals surface area contributed by atoms with Crippen molar-refractivity contribution in [3.8, 4) is 5.75 Å². The summed E-state index contributed by atoms with van der Waals surface area (Å²) in [7, 11) is 6.92. The van der Waals surface area contributed by atoms with Gasteiger partial charge in [-0.3, -0.25) is 33.8 Å². The molecular formula is C31H42N4O7. The van der Waals surface area contributed by atoms with Crippen molar-refractivity contribution in [2.75, 3.05) is 39.6 Å². The van der Waals surface area contributed by atoms with Crippen LogP contribution in [0.3, 0.4) is 0 Å². The molecule has 6 atom stereocenters. The monoisotopic (exact) mass is 582 g/mol. The summed E-state index contributed by atoms with van der Waals surface area (Å²) in [6.07, 6.45) is 4.90. The molecule has 4 aliphatic carbocycles. The van der Waals surface area contributed by atoms with Crippen molar-refractivity contribution < 1.29 is 34.2 Å². The zero-order chi connectivity index (χ0) is 30.8. The van der Waals surface area contributed by atoms with E-state index in [1.54, 1.807) is 20.2 Å². The number of Topliss-reactive ketones (excluding diaryl/α,β-unsaturated/α-hetero) is 4. The highest BCUT2D eigenvalue weighted by Gasteiger charge is 2.69. The SMILES string of the molecule is CCN(Cc1cc(O)c2c(c1N(C)C)C[C@H]1C[C@H]3[C@H](N(C)C)C(=O)C(C(N)=O)C(=O)[C@@]3(O)C(=O)C1C2=O)C1CCCC1. The largest absolute Gasteiger partial charge is 0.507 e. The zero-order valence-corrected chi connectivity index (χ0v) is 25.1. The quantitative estimate of drug-likeness (QED) is 0.390. The van der Waals surface area contributed by atoms with E-state index in [4.69, 9.17) is 5.73 Å². The maximum Gasteiger partial charge on any atom is 0.235 e. The number of likely N-dealkylation sites (N-methyl/N-ethyl adjacent to an activating group) is 1. The first-order valence-electron chi connectivity index (χ1n) is 14.9. The molecule has 2 unspecified atom stereocenters. The second-order valence-corrected chi connectivity index (χ2v) is 12.9. The van der Waals surface area contributed by atoms with E-state index in [0.717, 1.165) is 30.6 Å². The minimum absolute atomic E-state index is 0.0259. The average Bonchev–Trinajstić information content (AvgIpc) is 3.43. The predicted molar refractivity (Wildman–Crippen MR) is 154 cm³/mol. The molecule has 4 aliphatic rings. The van der Waals surface area contributed by atoms with Gasteiger partial charge in [-0.05, 0) is 69.4 Å². The summed E-state index contributed by atoms with van der Waals surface area (Å²) in [4.78, 5) is 72.9. The summed E-state index contributed by atoms with van der Waals surface area (Å²) in [5.74, 6) is -10.3. The molecule has 4 N–H and O–H groups in total. The minimum Gasteiger partial charge on any atom is -0.507 e. The molecule has 0 bridgehead atoms. The van der Waals surface area contributed by atoms with Crippen LogP contribution < -0.4 is 10.6 Å². The Morgan fingerprint density at radius 1 is 1.07 bits per heavy atom. The first-order valence-corrected chi connectivity index (χ1v) is 14.9. The number of rotatable bonds is 7. The maximum atomic E-state index is 14.1. The molecule has 228 valence electrons. The van der Waals surface area contributed by atoms with Gasteiger partial charge in [0.1, 0.15) is 5.75 Å². The van der Waals surface area contributed by atoms with Gasteiger partial charge in [-0.2, -0.15) is 0 Å².